The zero-order chi connectivity index (χ0) is 30.8. The zero-order valence-corrected chi connectivity index (χ0v) is 26.5. The van der Waals surface area contributed by atoms with Gasteiger partial charge in [-0.2, -0.15) is 0 Å². The molecule has 2 unspecified atom stereocenters. The first-order valence-corrected chi connectivity index (χ1v) is 16.1. The molecule has 0 radical (unpaired) electrons. The first kappa shape index (κ1) is 32.1. The van der Waals surface area contributed by atoms with Crippen LogP contribution in [0.25, 0.3) is 0 Å². The summed E-state index contributed by atoms with van der Waals surface area (Å²) < 4.78 is 4.87. The number of fused-ring (bicyclic) bond motifs is 1. The predicted octanol–water partition coefficient (Wildman–Crippen LogP) is 4.53. The van der Waals surface area contributed by atoms with E-state index in [1.165, 1.54) is 0 Å². The van der Waals surface area contributed by atoms with E-state index >= 15 is 0 Å². The summed E-state index contributed by atoms with van der Waals surface area (Å²) in [5, 5.41) is 10.5. The van der Waals surface area contributed by atoms with Gasteiger partial charge < -0.3 is 24.5 Å². The van der Waals surface area contributed by atoms with E-state index in [4.69, 9.17) is 4.74 Å². The van der Waals surface area contributed by atoms with Crippen LogP contribution in [-0.4, -0.2) is 87.1 Å². The van der Waals surface area contributed by atoms with Crippen molar-refractivity contribution in [2.75, 3.05) is 31.2 Å². The van der Waals surface area contributed by atoms with E-state index in [-0.39, 0.29) is 41.5 Å². The summed E-state index contributed by atoms with van der Waals surface area (Å²) in [7, 11) is 0. The Morgan fingerprint density at radius 3 is 2.36 bits per heavy atom. The van der Waals surface area contributed by atoms with Gasteiger partial charge in [0.2, 0.25) is 17.7 Å². The maximum Gasteiger partial charge on any atom is 0.247 e. The minimum Gasteiger partial charge on any atom is -0.494 e. The highest BCUT2D eigenvalue weighted by Crippen LogP contribution is 2.67. The Kier molecular flexibility index (Phi) is 10.1. The van der Waals surface area contributed by atoms with Crippen LogP contribution in [0.4, 0.5) is 5.69 Å². The highest BCUT2D eigenvalue weighted by molar-refractivity contribution is 8.02. The van der Waals surface area contributed by atoms with E-state index < -0.39 is 28.7 Å². The van der Waals surface area contributed by atoms with E-state index in [1.54, 1.807) is 38.6 Å². The number of likely N-dealkylation sites (tertiary alicyclic amines) is 1. The number of aliphatic hydroxyl groups is 1. The van der Waals surface area contributed by atoms with Crippen LogP contribution in [0.3, 0.4) is 0 Å². The summed E-state index contributed by atoms with van der Waals surface area (Å²) in [6.07, 6.45) is 5.41. The van der Waals surface area contributed by atoms with Crippen molar-refractivity contribution in [3.63, 3.8) is 0 Å². The highest BCUT2D eigenvalue weighted by atomic mass is 32.2. The van der Waals surface area contributed by atoms with E-state index in [2.05, 4.69) is 13.2 Å². The average Bonchev–Trinajstić information content (AvgIpc) is 3.60. The normalized spacial score (nSPS) is 26.9. The number of benzene rings is 1. The van der Waals surface area contributed by atoms with Crippen molar-refractivity contribution >= 4 is 35.2 Å². The largest absolute Gasteiger partial charge is 0.494 e. The van der Waals surface area contributed by atoms with Crippen LogP contribution in [0.1, 0.15) is 53.9 Å². The molecule has 1 spiro atoms. The van der Waals surface area contributed by atoms with Crippen molar-refractivity contribution in [2.24, 2.45) is 17.8 Å². The Hall–Kier alpha value is -2.78. The number of hydrogen-bond acceptors (Lipinski definition) is 6. The Bertz CT molecular complexity index is 1170. The lowest BCUT2D eigenvalue weighted by atomic mass is 9.70. The fourth-order valence-corrected chi connectivity index (χ4v) is 9.43. The van der Waals surface area contributed by atoms with E-state index in [0.29, 0.717) is 38.2 Å². The predicted molar refractivity (Wildman–Crippen MR) is 168 cm³/mol. The molecule has 3 aliphatic heterocycles. The van der Waals surface area contributed by atoms with Gasteiger partial charge in [0.05, 0.1) is 35.8 Å². The molecule has 3 heterocycles. The lowest BCUT2D eigenvalue weighted by molar-refractivity contribution is -0.146. The van der Waals surface area contributed by atoms with Gasteiger partial charge in [0, 0.05) is 30.1 Å². The third kappa shape index (κ3) is 5.62. The molecule has 3 amide bonds. The van der Waals surface area contributed by atoms with Crippen molar-refractivity contribution in [2.45, 2.75) is 82.0 Å². The second-order valence-electron chi connectivity index (χ2n) is 12.3. The number of thioether (sulfide) groups is 1. The number of carbonyl (C=O) groups excluding carboxylic acids is 3. The van der Waals surface area contributed by atoms with Gasteiger partial charge in [-0.3, -0.25) is 14.4 Å². The van der Waals surface area contributed by atoms with Crippen molar-refractivity contribution in [3.8, 4) is 5.75 Å². The maximum atomic E-state index is 14.6. The van der Waals surface area contributed by atoms with Gasteiger partial charge >= 0.3 is 0 Å². The van der Waals surface area contributed by atoms with Crippen LogP contribution >= 0.6 is 11.8 Å². The molecule has 8 nitrogen and oxygen atoms in total. The van der Waals surface area contributed by atoms with Crippen LogP contribution in [-0.2, 0) is 14.4 Å². The van der Waals surface area contributed by atoms with Crippen LogP contribution in [0.5, 0.6) is 5.75 Å². The number of anilines is 1. The fourth-order valence-electron chi connectivity index (χ4n) is 7.24. The minimum atomic E-state index is -0.751. The molecule has 1 aromatic carbocycles. The maximum absolute atomic E-state index is 14.6. The molecule has 230 valence electrons. The quantitative estimate of drug-likeness (QED) is 0.317. The molecule has 0 saturated carbocycles. The molecule has 0 aromatic heterocycles. The van der Waals surface area contributed by atoms with Gasteiger partial charge in [-0.15, -0.1) is 24.9 Å². The van der Waals surface area contributed by atoms with Crippen molar-refractivity contribution in [1.82, 2.24) is 9.80 Å². The standard InChI is InChI=1S/C33H47N3O5S/c1-8-17-34(22(6)7)32(40)29-33-16-15-26(42-33)27(28(33)31(39)36(29)24(20-37)19-21(4)5)30(38)35(18-9-2)23-11-13-25(14-12-23)41-10-3/h8-9,11-14,21-22,24,26-29,37H,1-2,10,15-20H2,3-7H3/t24-,26+,27-,28+,29?,33?/m1/s1. The summed E-state index contributed by atoms with van der Waals surface area (Å²) in [6.45, 7) is 18.7. The summed E-state index contributed by atoms with van der Waals surface area (Å²) in [4.78, 5) is 48.6. The molecule has 3 aliphatic rings. The Morgan fingerprint density at radius 2 is 1.81 bits per heavy atom. The third-order valence-electron chi connectivity index (χ3n) is 8.87. The van der Waals surface area contributed by atoms with Gasteiger partial charge in [0.15, 0.2) is 0 Å². The molecular weight excluding hydrogens is 550 g/mol. The van der Waals surface area contributed by atoms with Gasteiger partial charge in [0.25, 0.3) is 0 Å². The number of carbonyl (C=O) groups is 3. The molecule has 6 atom stereocenters. The van der Waals surface area contributed by atoms with Crippen LogP contribution in [0.15, 0.2) is 49.6 Å². The fraction of sp³-hybridized carbons (Fsp3) is 0.606. The molecule has 1 N–H and O–H groups in total. The summed E-state index contributed by atoms with van der Waals surface area (Å²) in [6, 6.07) is 6.05. The first-order chi connectivity index (χ1) is 20.1. The third-order valence-corrected chi connectivity index (χ3v) is 10.8. The summed E-state index contributed by atoms with van der Waals surface area (Å²) >= 11 is 1.65. The second kappa shape index (κ2) is 13.2. The van der Waals surface area contributed by atoms with Crippen molar-refractivity contribution in [3.05, 3.63) is 49.6 Å². The molecule has 9 heteroatoms. The molecule has 0 aliphatic carbocycles. The Morgan fingerprint density at radius 1 is 1.14 bits per heavy atom. The van der Waals surface area contributed by atoms with E-state index in [1.807, 2.05) is 58.9 Å². The summed E-state index contributed by atoms with van der Waals surface area (Å²) in [5.74, 6) is -0.723. The number of ether oxygens (including phenoxy) is 1. The van der Waals surface area contributed by atoms with Gasteiger partial charge in [0.1, 0.15) is 11.8 Å². The number of aliphatic hydroxyl groups excluding tert-OH is 1. The minimum absolute atomic E-state index is 0.0662. The molecule has 2 bridgehead atoms. The van der Waals surface area contributed by atoms with Gasteiger partial charge in [-0.1, -0.05) is 26.0 Å². The lowest BCUT2D eigenvalue weighted by Crippen LogP contribution is -2.58. The highest BCUT2D eigenvalue weighted by Gasteiger charge is 2.74. The SMILES string of the molecule is C=CCN(C(=O)[C@@H]1[C@@H]2CCC3(S2)C(C(=O)N(CC=C)C(C)C)N([C@@H](CO)CC(C)C)C(=O)[C@H]13)c1ccc(OCC)cc1. The number of amides is 3. The van der Waals surface area contributed by atoms with Crippen LogP contribution in [0.2, 0.25) is 0 Å². The molecule has 1 aromatic rings. The van der Waals surface area contributed by atoms with Gasteiger partial charge in [-0.05, 0) is 70.2 Å². The number of hydrogen-bond donors (Lipinski definition) is 1. The molecule has 42 heavy (non-hydrogen) atoms. The molecular formula is C33H47N3O5S. The van der Waals surface area contributed by atoms with Crippen LogP contribution < -0.4 is 9.64 Å². The number of rotatable bonds is 14. The Balaban J connectivity index is 1.77. The van der Waals surface area contributed by atoms with Gasteiger partial charge in [-0.25, -0.2) is 0 Å². The second-order valence-corrected chi connectivity index (χ2v) is 13.9. The molecule has 4 rings (SSSR count). The Labute approximate surface area is 255 Å². The smallest absolute Gasteiger partial charge is 0.247 e. The lowest BCUT2D eigenvalue weighted by Gasteiger charge is -2.41. The summed E-state index contributed by atoms with van der Waals surface area (Å²) in [5.41, 5.74) is 0.713. The molecule has 3 fully saturated rings. The van der Waals surface area contributed by atoms with E-state index in [9.17, 15) is 19.5 Å². The zero-order valence-electron chi connectivity index (χ0n) is 25.7. The monoisotopic (exact) mass is 597 g/mol. The van der Waals surface area contributed by atoms with E-state index in [0.717, 1.165) is 12.2 Å². The average molecular weight is 598 g/mol. The number of nitrogens with zero attached hydrogens (tertiary/aromatic N) is 3. The van der Waals surface area contributed by atoms with Crippen molar-refractivity contribution < 1.29 is 24.2 Å². The van der Waals surface area contributed by atoms with Crippen molar-refractivity contribution in [1.29, 1.82) is 0 Å². The first-order valence-electron chi connectivity index (χ1n) is 15.2. The molecule has 3 saturated heterocycles. The topological polar surface area (TPSA) is 90.4 Å². The van der Waals surface area contributed by atoms with Crippen LogP contribution in [0, 0.1) is 17.8 Å².